The first-order valence-corrected chi connectivity index (χ1v) is 4.82. The van der Waals surface area contributed by atoms with Crippen molar-refractivity contribution >= 4 is 5.91 Å². The highest BCUT2D eigenvalue weighted by atomic mass is 16.2. The van der Waals surface area contributed by atoms with Crippen molar-refractivity contribution in [3.8, 4) is 0 Å². The molecule has 0 radical (unpaired) electrons. The molecule has 0 aromatic carbocycles. The highest BCUT2D eigenvalue weighted by Crippen LogP contribution is 2.16. The maximum absolute atomic E-state index is 11.8. The molecule has 2 rings (SSSR count). The van der Waals surface area contributed by atoms with Gasteiger partial charge in [0.15, 0.2) is 0 Å². The maximum Gasteiger partial charge on any atom is 0.274 e. The Morgan fingerprint density at radius 2 is 2.43 bits per heavy atom. The van der Waals surface area contributed by atoms with Crippen molar-refractivity contribution in [2.75, 3.05) is 13.1 Å². The van der Waals surface area contributed by atoms with Gasteiger partial charge in [0.1, 0.15) is 5.69 Å². The fraction of sp³-hybridized carbons (Fsp3) is 0.500. The molecule has 0 aliphatic carbocycles. The summed E-state index contributed by atoms with van der Waals surface area (Å²) in [5, 5.41) is 0. The first kappa shape index (κ1) is 9.12. The smallest absolute Gasteiger partial charge is 0.274 e. The van der Waals surface area contributed by atoms with E-state index in [-0.39, 0.29) is 5.91 Å². The molecule has 1 aromatic rings. The minimum Gasteiger partial charge on any atom is -0.337 e. The minimum absolute atomic E-state index is 0.00227. The van der Waals surface area contributed by atoms with Crippen LogP contribution in [0.3, 0.4) is 0 Å². The van der Waals surface area contributed by atoms with Crippen molar-refractivity contribution in [1.29, 1.82) is 0 Å². The normalized spacial score (nSPS) is 21.2. The van der Waals surface area contributed by atoms with Crippen molar-refractivity contribution in [2.24, 2.45) is 5.92 Å². The fourth-order valence-corrected chi connectivity index (χ4v) is 1.69. The van der Waals surface area contributed by atoms with E-state index in [1.807, 2.05) is 4.90 Å². The van der Waals surface area contributed by atoms with E-state index in [0.717, 1.165) is 19.5 Å². The molecule has 1 saturated heterocycles. The Hall–Kier alpha value is -1.45. The Bertz CT molecular complexity index is 325. The van der Waals surface area contributed by atoms with Crippen LogP contribution in [0.25, 0.3) is 0 Å². The second kappa shape index (κ2) is 3.74. The Morgan fingerprint density at radius 3 is 3.00 bits per heavy atom. The second-order valence-electron chi connectivity index (χ2n) is 3.74. The number of aromatic nitrogens is 2. The first-order chi connectivity index (χ1) is 6.77. The molecule has 4 heteroatoms. The number of carbonyl (C=O) groups is 1. The molecule has 1 aliphatic heterocycles. The topological polar surface area (TPSA) is 46.1 Å². The van der Waals surface area contributed by atoms with Crippen LogP contribution in [0, 0.1) is 5.92 Å². The highest BCUT2D eigenvalue weighted by molar-refractivity contribution is 5.92. The predicted octanol–water partition coefficient (Wildman–Crippen LogP) is 0.959. The average Bonchev–Trinajstić information content (AvgIpc) is 2.65. The number of amides is 1. The number of likely N-dealkylation sites (tertiary alicyclic amines) is 1. The van der Waals surface area contributed by atoms with Gasteiger partial charge in [-0.05, 0) is 12.3 Å². The van der Waals surface area contributed by atoms with E-state index in [2.05, 4.69) is 16.9 Å². The van der Waals surface area contributed by atoms with Crippen LogP contribution in [-0.2, 0) is 0 Å². The van der Waals surface area contributed by atoms with Crippen molar-refractivity contribution in [2.45, 2.75) is 13.3 Å². The van der Waals surface area contributed by atoms with Crippen LogP contribution in [0.1, 0.15) is 23.8 Å². The summed E-state index contributed by atoms with van der Waals surface area (Å²) in [4.78, 5) is 21.5. The van der Waals surface area contributed by atoms with Gasteiger partial charge in [-0.2, -0.15) is 0 Å². The van der Waals surface area contributed by atoms with Gasteiger partial charge in [-0.25, -0.2) is 4.98 Å². The number of nitrogens with zero attached hydrogens (tertiary/aromatic N) is 3. The van der Waals surface area contributed by atoms with E-state index in [0.29, 0.717) is 11.6 Å². The van der Waals surface area contributed by atoms with Gasteiger partial charge >= 0.3 is 0 Å². The van der Waals surface area contributed by atoms with Crippen LogP contribution >= 0.6 is 0 Å². The Kier molecular flexibility index (Phi) is 2.43. The molecular formula is C10H13N3O. The average molecular weight is 191 g/mol. The lowest BCUT2D eigenvalue weighted by Crippen LogP contribution is -2.29. The molecule has 0 saturated carbocycles. The second-order valence-corrected chi connectivity index (χ2v) is 3.74. The molecule has 4 nitrogen and oxygen atoms in total. The summed E-state index contributed by atoms with van der Waals surface area (Å²) in [7, 11) is 0. The SMILES string of the molecule is CC1CCN(C(=O)c2cnccn2)C1. The molecular weight excluding hydrogens is 178 g/mol. The summed E-state index contributed by atoms with van der Waals surface area (Å²) in [5.41, 5.74) is 0.446. The van der Waals surface area contributed by atoms with Crippen LogP contribution < -0.4 is 0 Å². The third-order valence-electron chi connectivity index (χ3n) is 2.49. The molecule has 2 heterocycles. The van der Waals surface area contributed by atoms with Gasteiger partial charge in [-0.1, -0.05) is 6.92 Å². The zero-order valence-electron chi connectivity index (χ0n) is 8.18. The number of rotatable bonds is 1. The molecule has 1 unspecified atom stereocenters. The highest BCUT2D eigenvalue weighted by Gasteiger charge is 2.24. The van der Waals surface area contributed by atoms with E-state index in [1.54, 1.807) is 12.4 Å². The summed E-state index contributed by atoms with van der Waals surface area (Å²) in [6, 6.07) is 0. The molecule has 1 aromatic heterocycles. The van der Waals surface area contributed by atoms with Crippen molar-refractivity contribution in [3.63, 3.8) is 0 Å². The lowest BCUT2D eigenvalue weighted by Gasteiger charge is -2.14. The first-order valence-electron chi connectivity index (χ1n) is 4.82. The largest absolute Gasteiger partial charge is 0.337 e. The lowest BCUT2D eigenvalue weighted by atomic mass is 10.2. The van der Waals surface area contributed by atoms with Crippen molar-refractivity contribution < 1.29 is 4.79 Å². The third kappa shape index (κ3) is 1.73. The van der Waals surface area contributed by atoms with Crippen LogP contribution in [0.5, 0.6) is 0 Å². The summed E-state index contributed by atoms with van der Waals surface area (Å²) in [5.74, 6) is 0.609. The van der Waals surface area contributed by atoms with Crippen LogP contribution in [0.2, 0.25) is 0 Å². The zero-order chi connectivity index (χ0) is 9.97. The number of hydrogen-bond acceptors (Lipinski definition) is 3. The van der Waals surface area contributed by atoms with Crippen LogP contribution in [-0.4, -0.2) is 33.9 Å². The molecule has 0 N–H and O–H groups in total. The molecule has 0 spiro atoms. The van der Waals surface area contributed by atoms with E-state index in [4.69, 9.17) is 0 Å². The fourth-order valence-electron chi connectivity index (χ4n) is 1.69. The van der Waals surface area contributed by atoms with Gasteiger partial charge in [0.05, 0.1) is 6.20 Å². The molecule has 0 bridgehead atoms. The maximum atomic E-state index is 11.8. The monoisotopic (exact) mass is 191 g/mol. The molecule has 14 heavy (non-hydrogen) atoms. The quantitative estimate of drug-likeness (QED) is 0.664. The van der Waals surface area contributed by atoms with Gasteiger partial charge in [0, 0.05) is 25.5 Å². The minimum atomic E-state index is 0.00227. The van der Waals surface area contributed by atoms with Crippen molar-refractivity contribution in [1.82, 2.24) is 14.9 Å². The van der Waals surface area contributed by atoms with E-state index in [9.17, 15) is 4.79 Å². The molecule has 1 aliphatic rings. The van der Waals surface area contributed by atoms with Crippen LogP contribution in [0.15, 0.2) is 18.6 Å². The standard InChI is InChI=1S/C10H13N3O/c1-8-2-5-13(7-8)10(14)9-6-11-3-4-12-9/h3-4,6,8H,2,5,7H2,1H3. The summed E-state index contributed by atoms with van der Waals surface area (Å²) < 4.78 is 0. The van der Waals surface area contributed by atoms with Crippen molar-refractivity contribution in [3.05, 3.63) is 24.3 Å². The van der Waals surface area contributed by atoms with E-state index >= 15 is 0 Å². The van der Waals surface area contributed by atoms with Crippen LogP contribution in [0.4, 0.5) is 0 Å². The summed E-state index contributed by atoms with van der Waals surface area (Å²) in [6.45, 7) is 3.84. The van der Waals surface area contributed by atoms with E-state index < -0.39 is 0 Å². The summed E-state index contributed by atoms with van der Waals surface area (Å²) >= 11 is 0. The third-order valence-corrected chi connectivity index (χ3v) is 2.49. The zero-order valence-corrected chi connectivity index (χ0v) is 8.18. The van der Waals surface area contributed by atoms with Gasteiger partial charge in [0.25, 0.3) is 5.91 Å². The Morgan fingerprint density at radius 1 is 1.57 bits per heavy atom. The Labute approximate surface area is 83.0 Å². The summed E-state index contributed by atoms with van der Waals surface area (Å²) in [6.07, 6.45) is 5.73. The van der Waals surface area contributed by atoms with Gasteiger partial charge in [-0.3, -0.25) is 9.78 Å². The Balaban J connectivity index is 2.10. The van der Waals surface area contributed by atoms with Gasteiger partial charge in [-0.15, -0.1) is 0 Å². The van der Waals surface area contributed by atoms with Gasteiger partial charge in [0.2, 0.25) is 0 Å². The molecule has 74 valence electrons. The van der Waals surface area contributed by atoms with E-state index in [1.165, 1.54) is 6.20 Å². The molecule has 1 atom stereocenters. The number of hydrogen-bond donors (Lipinski definition) is 0. The molecule has 1 fully saturated rings. The molecule has 1 amide bonds. The lowest BCUT2D eigenvalue weighted by molar-refractivity contribution is 0.0782. The predicted molar refractivity (Wildman–Crippen MR) is 51.7 cm³/mol. The number of carbonyl (C=O) groups excluding carboxylic acids is 1. The van der Waals surface area contributed by atoms with Gasteiger partial charge < -0.3 is 4.90 Å².